The van der Waals surface area contributed by atoms with Crippen LogP contribution in [0.15, 0.2) is 48.7 Å². The molecule has 24 heavy (non-hydrogen) atoms. The molecule has 1 aliphatic heterocycles. The molecule has 0 spiro atoms. The van der Waals surface area contributed by atoms with E-state index in [0.717, 1.165) is 52.6 Å². The van der Waals surface area contributed by atoms with Gasteiger partial charge in [-0.05, 0) is 30.2 Å². The monoisotopic (exact) mass is 320 g/mol. The molecule has 3 aromatic rings. The Kier molecular flexibility index (Phi) is 3.34. The Labute approximate surface area is 138 Å². The number of hydrogen-bond donors (Lipinski definition) is 0. The van der Waals surface area contributed by atoms with Gasteiger partial charge in [0.1, 0.15) is 5.75 Å². The van der Waals surface area contributed by atoms with E-state index in [1.54, 1.807) is 13.2 Å². The average molecular weight is 320 g/mol. The summed E-state index contributed by atoms with van der Waals surface area (Å²) in [4.78, 5) is 10.4. The molecule has 2 heterocycles. The smallest absolute Gasteiger partial charge is 0.235 e. The van der Waals surface area contributed by atoms with Crippen LogP contribution in [0, 0.1) is 10.1 Å². The predicted molar refractivity (Wildman–Crippen MR) is 93.7 cm³/mol. The zero-order chi connectivity index (χ0) is 16.7. The molecule has 0 amide bonds. The van der Waals surface area contributed by atoms with Crippen molar-refractivity contribution in [3.8, 4) is 17.0 Å². The third-order valence-electron chi connectivity index (χ3n) is 4.55. The van der Waals surface area contributed by atoms with Crippen LogP contribution in [0.1, 0.15) is 11.1 Å². The van der Waals surface area contributed by atoms with Gasteiger partial charge in [-0.1, -0.05) is 24.3 Å². The van der Waals surface area contributed by atoms with E-state index in [1.165, 1.54) is 5.56 Å². The summed E-state index contributed by atoms with van der Waals surface area (Å²) in [5.74, 6) is 0.745. The number of nitro groups is 1. The van der Waals surface area contributed by atoms with Crippen molar-refractivity contribution in [2.75, 3.05) is 7.11 Å². The van der Waals surface area contributed by atoms with Gasteiger partial charge >= 0.3 is 0 Å². The SMILES string of the molecule is COc1ccc2c(c1)c(/C=C/[N+](=O)[O-])c1n2CCc2ccccc2-1. The van der Waals surface area contributed by atoms with Gasteiger partial charge in [-0.15, -0.1) is 0 Å². The van der Waals surface area contributed by atoms with Crippen LogP contribution in [-0.2, 0) is 13.0 Å². The molecule has 1 aliphatic rings. The lowest BCUT2D eigenvalue weighted by atomic mass is 9.96. The predicted octanol–water partition coefficient (Wildman–Crippen LogP) is 4.12. The Morgan fingerprint density at radius 2 is 2.08 bits per heavy atom. The van der Waals surface area contributed by atoms with Crippen LogP contribution in [0.25, 0.3) is 28.2 Å². The van der Waals surface area contributed by atoms with Crippen LogP contribution >= 0.6 is 0 Å². The third kappa shape index (κ3) is 2.17. The molecule has 0 saturated heterocycles. The molecular formula is C19H16N2O3. The molecule has 0 bridgehead atoms. The maximum absolute atomic E-state index is 10.9. The van der Waals surface area contributed by atoms with Crippen molar-refractivity contribution in [2.24, 2.45) is 0 Å². The zero-order valence-electron chi connectivity index (χ0n) is 13.2. The highest BCUT2D eigenvalue weighted by atomic mass is 16.6. The van der Waals surface area contributed by atoms with Crippen LogP contribution in [0.2, 0.25) is 0 Å². The highest BCUT2D eigenvalue weighted by molar-refractivity contribution is 5.99. The second-order valence-corrected chi connectivity index (χ2v) is 5.81. The quantitative estimate of drug-likeness (QED) is 0.539. The first kappa shape index (κ1) is 14.5. The Hall–Kier alpha value is -3.08. The number of aromatic nitrogens is 1. The first-order chi connectivity index (χ1) is 11.7. The van der Waals surface area contributed by atoms with E-state index in [1.807, 2.05) is 30.3 Å². The van der Waals surface area contributed by atoms with Crippen LogP contribution in [0.3, 0.4) is 0 Å². The van der Waals surface area contributed by atoms with Crippen molar-refractivity contribution in [1.82, 2.24) is 4.57 Å². The van der Waals surface area contributed by atoms with Crippen molar-refractivity contribution >= 4 is 17.0 Å². The fourth-order valence-corrected chi connectivity index (χ4v) is 3.52. The van der Waals surface area contributed by atoms with Gasteiger partial charge in [0, 0.05) is 34.7 Å². The van der Waals surface area contributed by atoms with E-state index in [0.29, 0.717) is 0 Å². The number of aryl methyl sites for hydroxylation is 2. The van der Waals surface area contributed by atoms with Crippen molar-refractivity contribution in [3.05, 3.63) is 69.9 Å². The summed E-state index contributed by atoms with van der Waals surface area (Å²) in [5, 5.41) is 11.8. The summed E-state index contributed by atoms with van der Waals surface area (Å²) < 4.78 is 7.58. The second kappa shape index (κ2) is 5.53. The molecule has 1 aromatic heterocycles. The minimum atomic E-state index is -0.426. The zero-order valence-corrected chi connectivity index (χ0v) is 13.2. The molecule has 0 aliphatic carbocycles. The number of nitrogens with zero attached hydrogens (tertiary/aromatic N) is 2. The van der Waals surface area contributed by atoms with E-state index >= 15 is 0 Å². The molecule has 5 heteroatoms. The number of hydrogen-bond acceptors (Lipinski definition) is 3. The van der Waals surface area contributed by atoms with Crippen molar-refractivity contribution < 1.29 is 9.66 Å². The molecule has 0 fully saturated rings. The number of methoxy groups -OCH3 is 1. The molecule has 0 atom stereocenters. The van der Waals surface area contributed by atoms with E-state index < -0.39 is 4.92 Å². The Morgan fingerprint density at radius 1 is 1.25 bits per heavy atom. The molecule has 120 valence electrons. The summed E-state index contributed by atoms with van der Waals surface area (Å²) in [6.07, 6.45) is 3.55. The number of rotatable bonds is 3. The molecule has 5 nitrogen and oxygen atoms in total. The fraction of sp³-hybridized carbons (Fsp3) is 0.158. The summed E-state index contributed by atoms with van der Waals surface area (Å²) in [6.45, 7) is 0.863. The number of fused-ring (bicyclic) bond motifs is 5. The molecule has 0 N–H and O–H groups in total. The van der Waals surface area contributed by atoms with Crippen LogP contribution in [-0.4, -0.2) is 16.6 Å². The standard InChI is InChI=1S/C19H16N2O3/c1-24-14-6-7-18-17(12-14)16(9-11-21(22)23)19-15-5-3-2-4-13(15)8-10-20(18)19/h2-7,9,11-12H,8,10H2,1H3/b11-9+. The van der Waals surface area contributed by atoms with Gasteiger partial charge in [-0.2, -0.15) is 0 Å². The van der Waals surface area contributed by atoms with Crippen LogP contribution < -0.4 is 4.74 Å². The largest absolute Gasteiger partial charge is 0.497 e. The molecule has 0 radical (unpaired) electrons. The van der Waals surface area contributed by atoms with Crippen molar-refractivity contribution in [1.29, 1.82) is 0 Å². The van der Waals surface area contributed by atoms with Crippen LogP contribution in [0.5, 0.6) is 5.75 Å². The third-order valence-corrected chi connectivity index (χ3v) is 4.55. The maximum Gasteiger partial charge on any atom is 0.235 e. The first-order valence-corrected chi connectivity index (χ1v) is 7.79. The Morgan fingerprint density at radius 3 is 2.88 bits per heavy atom. The summed E-state index contributed by atoms with van der Waals surface area (Å²) >= 11 is 0. The first-order valence-electron chi connectivity index (χ1n) is 7.79. The van der Waals surface area contributed by atoms with E-state index in [-0.39, 0.29) is 0 Å². The molecule has 2 aromatic carbocycles. The van der Waals surface area contributed by atoms with Gasteiger partial charge in [0.25, 0.3) is 0 Å². The lowest BCUT2D eigenvalue weighted by molar-refractivity contribution is -0.400. The Bertz CT molecular complexity index is 986. The minimum absolute atomic E-state index is 0.426. The summed E-state index contributed by atoms with van der Waals surface area (Å²) in [6, 6.07) is 14.1. The van der Waals surface area contributed by atoms with Crippen molar-refractivity contribution in [2.45, 2.75) is 13.0 Å². The van der Waals surface area contributed by atoms with E-state index in [4.69, 9.17) is 4.74 Å². The van der Waals surface area contributed by atoms with Gasteiger partial charge < -0.3 is 9.30 Å². The topological polar surface area (TPSA) is 57.3 Å². The highest BCUT2D eigenvalue weighted by Crippen LogP contribution is 2.40. The van der Waals surface area contributed by atoms with Gasteiger partial charge in [0.2, 0.25) is 6.20 Å². The Balaban J connectivity index is 2.08. The molecule has 4 rings (SSSR count). The molecule has 0 unspecified atom stereocenters. The summed E-state index contributed by atoms with van der Waals surface area (Å²) in [5.41, 5.74) is 5.40. The van der Waals surface area contributed by atoms with Crippen molar-refractivity contribution in [3.63, 3.8) is 0 Å². The second-order valence-electron chi connectivity index (χ2n) is 5.81. The fourth-order valence-electron chi connectivity index (χ4n) is 3.52. The lowest BCUT2D eigenvalue weighted by Crippen LogP contribution is -2.10. The average Bonchev–Trinajstić information content (AvgIpc) is 2.93. The molecular weight excluding hydrogens is 304 g/mol. The maximum atomic E-state index is 10.9. The molecule has 0 saturated carbocycles. The van der Waals surface area contributed by atoms with Gasteiger partial charge in [-0.3, -0.25) is 10.1 Å². The van der Waals surface area contributed by atoms with Gasteiger partial charge in [0.05, 0.1) is 17.7 Å². The van der Waals surface area contributed by atoms with Gasteiger partial charge in [0.15, 0.2) is 0 Å². The van der Waals surface area contributed by atoms with E-state index in [9.17, 15) is 10.1 Å². The number of ether oxygens (including phenoxy) is 1. The minimum Gasteiger partial charge on any atom is -0.497 e. The van der Waals surface area contributed by atoms with Crippen LogP contribution in [0.4, 0.5) is 0 Å². The van der Waals surface area contributed by atoms with Gasteiger partial charge in [-0.25, -0.2) is 0 Å². The highest BCUT2D eigenvalue weighted by Gasteiger charge is 2.23. The van der Waals surface area contributed by atoms with E-state index in [2.05, 4.69) is 16.7 Å². The lowest BCUT2D eigenvalue weighted by Gasteiger charge is -2.20. The summed E-state index contributed by atoms with van der Waals surface area (Å²) in [7, 11) is 1.62. The number of benzene rings is 2. The normalized spacial score (nSPS) is 13.0.